The number of carbonyl (C=O) groups is 2. The molecule has 30 heavy (non-hydrogen) atoms. The van der Waals surface area contributed by atoms with Gasteiger partial charge >= 0.3 is 0 Å². The number of nitrogens with two attached hydrogens (primary N) is 1. The van der Waals surface area contributed by atoms with Crippen LogP contribution in [0.4, 0.5) is 0 Å². The second-order valence-corrected chi connectivity index (χ2v) is 8.34. The monoisotopic (exact) mass is 403 g/mol. The van der Waals surface area contributed by atoms with Crippen molar-refractivity contribution in [3.8, 4) is 0 Å². The van der Waals surface area contributed by atoms with E-state index in [4.69, 9.17) is 5.73 Å². The maximum absolute atomic E-state index is 12.6. The highest BCUT2D eigenvalue weighted by Crippen LogP contribution is 2.34. The molecule has 2 N–H and O–H groups in total. The average molecular weight is 404 g/mol. The zero-order valence-corrected chi connectivity index (χ0v) is 17.3. The number of rotatable bonds is 5. The normalized spacial score (nSPS) is 17.5. The highest BCUT2D eigenvalue weighted by Gasteiger charge is 2.25. The maximum atomic E-state index is 12.6. The van der Waals surface area contributed by atoms with Crippen LogP contribution >= 0.6 is 0 Å². The molecular formula is C25H29N3O2. The number of nitrogens with zero attached hydrogens (tertiary/aromatic N) is 2. The van der Waals surface area contributed by atoms with Crippen molar-refractivity contribution in [3.05, 3.63) is 71.1 Å². The summed E-state index contributed by atoms with van der Waals surface area (Å²) in [5, 5.41) is 0. The van der Waals surface area contributed by atoms with E-state index >= 15 is 0 Å². The minimum atomic E-state index is -0.362. The van der Waals surface area contributed by atoms with Crippen LogP contribution in [0.15, 0.2) is 48.8 Å². The number of hydrogen-bond donors (Lipinski definition) is 1. The summed E-state index contributed by atoms with van der Waals surface area (Å²) < 4.78 is 0. The number of likely N-dealkylation sites (tertiary alicyclic amines) is 1. The number of carbonyl (C=O) groups excluding carboxylic acids is 2. The molecule has 2 aromatic rings. The second-order valence-electron chi connectivity index (χ2n) is 8.34. The molecule has 5 nitrogen and oxygen atoms in total. The lowest BCUT2D eigenvalue weighted by molar-refractivity contribution is -0.131. The third kappa shape index (κ3) is 4.61. The molecule has 1 aliphatic heterocycles. The van der Waals surface area contributed by atoms with Gasteiger partial charge in [-0.2, -0.15) is 0 Å². The fourth-order valence-electron chi connectivity index (χ4n) is 4.63. The number of primary amides is 1. The Morgan fingerprint density at radius 2 is 1.97 bits per heavy atom. The number of aromatic nitrogens is 1. The van der Waals surface area contributed by atoms with Gasteiger partial charge in [0.25, 0.3) is 0 Å². The Morgan fingerprint density at radius 1 is 1.13 bits per heavy atom. The molecule has 2 aliphatic rings. The van der Waals surface area contributed by atoms with Crippen LogP contribution in [0, 0.1) is 0 Å². The second kappa shape index (κ2) is 9.24. The van der Waals surface area contributed by atoms with E-state index in [2.05, 4.69) is 17.1 Å². The van der Waals surface area contributed by atoms with Crippen molar-refractivity contribution in [2.45, 2.75) is 50.9 Å². The fourth-order valence-corrected chi connectivity index (χ4v) is 4.63. The highest BCUT2D eigenvalue weighted by atomic mass is 16.2. The van der Waals surface area contributed by atoms with Crippen LogP contribution in [0.3, 0.4) is 0 Å². The van der Waals surface area contributed by atoms with E-state index in [9.17, 15) is 9.59 Å². The minimum Gasteiger partial charge on any atom is -0.366 e. The van der Waals surface area contributed by atoms with E-state index in [0.717, 1.165) is 56.3 Å². The Bertz CT molecular complexity index is 944. The van der Waals surface area contributed by atoms with Crippen molar-refractivity contribution in [1.82, 2.24) is 9.88 Å². The standard InChI is InChI=1S/C25H29N3O2/c26-25(30)22-9-8-21(16-23(22)20-6-2-1-3-7-20)19-10-13-28(14-11-19)24(29)15-18-5-4-12-27-17-18/h4-6,8-9,12,16-17,19H,1-3,7,10-11,13-15H2,(H2,26,30). The summed E-state index contributed by atoms with van der Waals surface area (Å²) in [6.07, 6.45) is 12.5. The largest absolute Gasteiger partial charge is 0.366 e. The Kier molecular flexibility index (Phi) is 6.26. The molecule has 1 aromatic heterocycles. The first kappa shape index (κ1) is 20.3. The lowest BCUT2D eigenvalue weighted by Crippen LogP contribution is -2.38. The first-order valence-corrected chi connectivity index (χ1v) is 10.9. The molecule has 156 valence electrons. The third-order valence-corrected chi connectivity index (χ3v) is 6.34. The molecule has 1 fully saturated rings. The molecule has 1 saturated heterocycles. The summed E-state index contributed by atoms with van der Waals surface area (Å²) in [5.74, 6) is 0.203. The molecule has 0 spiro atoms. The zero-order chi connectivity index (χ0) is 20.9. The molecule has 2 amide bonds. The van der Waals surface area contributed by atoms with Crippen molar-refractivity contribution in [3.63, 3.8) is 0 Å². The van der Waals surface area contributed by atoms with Crippen molar-refractivity contribution in [1.29, 1.82) is 0 Å². The van der Waals surface area contributed by atoms with E-state index in [1.165, 1.54) is 17.6 Å². The Morgan fingerprint density at radius 3 is 2.63 bits per heavy atom. The Hall–Kier alpha value is -2.95. The molecule has 0 bridgehead atoms. The predicted molar refractivity (Wildman–Crippen MR) is 118 cm³/mol. The van der Waals surface area contributed by atoms with Crippen LogP contribution in [0.1, 0.15) is 71.5 Å². The van der Waals surface area contributed by atoms with Gasteiger partial charge < -0.3 is 10.6 Å². The number of pyridine rings is 1. The molecule has 0 saturated carbocycles. The van der Waals surface area contributed by atoms with Crippen LogP contribution in [0.5, 0.6) is 0 Å². The summed E-state index contributed by atoms with van der Waals surface area (Å²) >= 11 is 0. The van der Waals surface area contributed by atoms with Gasteiger partial charge in [-0.05, 0) is 78.8 Å². The fraction of sp³-hybridized carbons (Fsp3) is 0.400. The molecule has 0 unspecified atom stereocenters. The van der Waals surface area contributed by atoms with E-state index in [1.54, 1.807) is 12.4 Å². The van der Waals surface area contributed by atoms with Gasteiger partial charge in [0.15, 0.2) is 0 Å². The van der Waals surface area contributed by atoms with E-state index < -0.39 is 0 Å². The summed E-state index contributed by atoms with van der Waals surface area (Å²) in [4.78, 5) is 30.7. The lowest BCUT2D eigenvalue weighted by atomic mass is 9.84. The van der Waals surface area contributed by atoms with Crippen molar-refractivity contribution >= 4 is 17.4 Å². The van der Waals surface area contributed by atoms with Gasteiger partial charge in [-0.25, -0.2) is 0 Å². The Labute approximate surface area is 178 Å². The molecule has 1 aliphatic carbocycles. The topological polar surface area (TPSA) is 76.3 Å². The van der Waals surface area contributed by atoms with Gasteiger partial charge in [0.05, 0.1) is 6.42 Å². The number of hydrogen-bond acceptors (Lipinski definition) is 3. The van der Waals surface area contributed by atoms with Crippen molar-refractivity contribution in [2.75, 3.05) is 13.1 Å². The molecule has 0 atom stereocenters. The van der Waals surface area contributed by atoms with Gasteiger partial charge in [-0.1, -0.05) is 24.3 Å². The number of piperidine rings is 1. The molecule has 5 heteroatoms. The summed E-state index contributed by atoms with van der Waals surface area (Å²) in [7, 11) is 0. The van der Waals surface area contributed by atoms with Gasteiger partial charge in [0.2, 0.25) is 11.8 Å². The average Bonchev–Trinajstić information content (AvgIpc) is 2.80. The van der Waals surface area contributed by atoms with Gasteiger partial charge in [0, 0.05) is 31.0 Å². The quantitative estimate of drug-likeness (QED) is 0.817. The highest BCUT2D eigenvalue weighted by molar-refractivity contribution is 5.98. The van der Waals surface area contributed by atoms with E-state index in [1.807, 2.05) is 29.2 Å². The van der Waals surface area contributed by atoms with Crippen molar-refractivity contribution < 1.29 is 9.59 Å². The summed E-state index contributed by atoms with van der Waals surface area (Å²) in [5.41, 5.74) is 10.7. The van der Waals surface area contributed by atoms with Crippen LogP contribution < -0.4 is 5.73 Å². The maximum Gasteiger partial charge on any atom is 0.249 e. The van der Waals surface area contributed by atoms with Crippen LogP contribution in [-0.4, -0.2) is 34.8 Å². The van der Waals surface area contributed by atoms with E-state index in [0.29, 0.717) is 17.9 Å². The van der Waals surface area contributed by atoms with Gasteiger partial charge in [-0.15, -0.1) is 0 Å². The van der Waals surface area contributed by atoms with Gasteiger partial charge in [0.1, 0.15) is 0 Å². The van der Waals surface area contributed by atoms with Crippen LogP contribution in [0.2, 0.25) is 0 Å². The smallest absolute Gasteiger partial charge is 0.249 e. The van der Waals surface area contributed by atoms with Crippen LogP contribution in [-0.2, 0) is 11.2 Å². The van der Waals surface area contributed by atoms with Crippen LogP contribution in [0.25, 0.3) is 5.57 Å². The van der Waals surface area contributed by atoms with Gasteiger partial charge in [-0.3, -0.25) is 14.6 Å². The predicted octanol–water partition coefficient (Wildman–Crippen LogP) is 4.09. The molecular weight excluding hydrogens is 374 g/mol. The number of benzene rings is 1. The first-order chi connectivity index (χ1) is 14.6. The molecule has 2 heterocycles. The minimum absolute atomic E-state index is 0.165. The van der Waals surface area contributed by atoms with E-state index in [-0.39, 0.29) is 11.8 Å². The molecule has 4 rings (SSSR count). The summed E-state index contributed by atoms with van der Waals surface area (Å²) in [6.45, 7) is 1.53. The molecule has 0 radical (unpaired) electrons. The molecule has 1 aromatic carbocycles. The number of allylic oxidation sites excluding steroid dienone is 2. The Balaban J connectivity index is 1.45. The first-order valence-electron chi connectivity index (χ1n) is 10.9. The lowest BCUT2D eigenvalue weighted by Gasteiger charge is -2.32. The zero-order valence-electron chi connectivity index (χ0n) is 17.3. The van der Waals surface area contributed by atoms with Crippen molar-refractivity contribution in [2.24, 2.45) is 5.73 Å². The SMILES string of the molecule is NC(=O)c1ccc(C2CCN(C(=O)Cc3cccnc3)CC2)cc1C1=CCCCC1. The third-order valence-electron chi connectivity index (χ3n) is 6.34. The summed E-state index contributed by atoms with van der Waals surface area (Å²) in [6, 6.07) is 9.92. The number of amides is 2.